The molecule has 4 atom stereocenters. The monoisotopic (exact) mass is 328 g/mol. The van der Waals surface area contributed by atoms with Crippen LogP contribution in [-0.4, -0.2) is 23.5 Å². The summed E-state index contributed by atoms with van der Waals surface area (Å²) < 4.78 is 16.8. The Kier molecular flexibility index (Phi) is 3.34. The van der Waals surface area contributed by atoms with Crippen LogP contribution in [0.1, 0.15) is 31.4 Å². The fourth-order valence-electron chi connectivity index (χ4n) is 4.23. The average Bonchev–Trinajstić information content (AvgIpc) is 3.12. The SMILES string of the molecule is C=CCC12CC=CC(=O)C1(O)OC(c1ccc3c(c1)OCO3)C2C. The molecule has 1 aliphatic carbocycles. The number of carbonyl (C=O) groups is 1. The lowest BCUT2D eigenvalue weighted by Crippen LogP contribution is -2.54. The van der Waals surface area contributed by atoms with E-state index in [1.807, 2.05) is 31.2 Å². The van der Waals surface area contributed by atoms with Crippen molar-refractivity contribution in [2.45, 2.75) is 31.7 Å². The van der Waals surface area contributed by atoms with Gasteiger partial charge in [-0.2, -0.15) is 0 Å². The Morgan fingerprint density at radius 2 is 2.17 bits per heavy atom. The van der Waals surface area contributed by atoms with Gasteiger partial charge in [-0.25, -0.2) is 0 Å². The fraction of sp³-hybridized carbons (Fsp3) is 0.421. The van der Waals surface area contributed by atoms with Crippen molar-refractivity contribution >= 4 is 5.78 Å². The standard InChI is InChI=1S/C19H20O5/c1-3-8-18-9-4-5-16(20)19(18,21)24-17(12(18)2)13-6-7-14-15(10-13)23-11-22-14/h3-7,10,12,17,21H,1,8-9,11H2,2H3. The highest BCUT2D eigenvalue weighted by Crippen LogP contribution is 2.61. The molecule has 0 saturated carbocycles. The lowest BCUT2D eigenvalue weighted by molar-refractivity contribution is -0.229. The smallest absolute Gasteiger partial charge is 0.237 e. The van der Waals surface area contributed by atoms with E-state index in [0.717, 1.165) is 5.56 Å². The Labute approximate surface area is 140 Å². The maximum absolute atomic E-state index is 12.4. The van der Waals surface area contributed by atoms with Gasteiger partial charge in [-0.15, -0.1) is 6.58 Å². The highest BCUT2D eigenvalue weighted by Gasteiger charge is 2.66. The topological polar surface area (TPSA) is 65.0 Å². The number of fused-ring (bicyclic) bond motifs is 2. The van der Waals surface area contributed by atoms with Crippen LogP contribution in [0.4, 0.5) is 0 Å². The van der Waals surface area contributed by atoms with Gasteiger partial charge in [-0.1, -0.05) is 25.1 Å². The lowest BCUT2D eigenvalue weighted by Gasteiger charge is -2.42. The van der Waals surface area contributed by atoms with Gasteiger partial charge in [0.05, 0.1) is 6.10 Å². The molecule has 0 spiro atoms. The minimum absolute atomic E-state index is 0.0743. The van der Waals surface area contributed by atoms with Crippen molar-refractivity contribution in [1.82, 2.24) is 0 Å². The molecule has 0 aromatic heterocycles. The molecule has 4 unspecified atom stereocenters. The second-order valence-corrected chi connectivity index (χ2v) is 6.70. The summed E-state index contributed by atoms with van der Waals surface area (Å²) in [6, 6.07) is 5.60. The zero-order valence-electron chi connectivity index (χ0n) is 13.5. The Morgan fingerprint density at radius 1 is 1.38 bits per heavy atom. The summed E-state index contributed by atoms with van der Waals surface area (Å²) in [4.78, 5) is 12.4. The number of ketones is 1. The molecule has 0 amide bonds. The van der Waals surface area contributed by atoms with E-state index in [1.165, 1.54) is 6.08 Å². The molecule has 2 aliphatic heterocycles. The van der Waals surface area contributed by atoms with Crippen molar-refractivity contribution in [2.75, 3.05) is 6.79 Å². The molecule has 5 nitrogen and oxygen atoms in total. The molecule has 0 bridgehead atoms. The molecule has 1 saturated heterocycles. The van der Waals surface area contributed by atoms with E-state index >= 15 is 0 Å². The quantitative estimate of drug-likeness (QED) is 0.864. The van der Waals surface area contributed by atoms with E-state index < -0.39 is 23.1 Å². The van der Waals surface area contributed by atoms with Crippen LogP contribution >= 0.6 is 0 Å². The number of allylic oxidation sites excluding steroid dienone is 2. The van der Waals surface area contributed by atoms with Gasteiger partial charge in [0.25, 0.3) is 0 Å². The predicted molar refractivity (Wildman–Crippen MR) is 86.5 cm³/mol. The third kappa shape index (κ3) is 1.85. The normalized spacial score (nSPS) is 36.7. The van der Waals surface area contributed by atoms with Crippen LogP contribution in [0.25, 0.3) is 0 Å². The largest absolute Gasteiger partial charge is 0.454 e. The molecular formula is C19H20O5. The zero-order chi connectivity index (χ0) is 16.9. The highest BCUT2D eigenvalue weighted by atomic mass is 16.7. The van der Waals surface area contributed by atoms with E-state index in [-0.39, 0.29) is 12.7 Å². The van der Waals surface area contributed by atoms with E-state index in [0.29, 0.717) is 24.3 Å². The van der Waals surface area contributed by atoms with Gasteiger partial charge < -0.3 is 19.3 Å². The first kappa shape index (κ1) is 15.4. The van der Waals surface area contributed by atoms with Crippen LogP contribution in [0.3, 0.4) is 0 Å². The van der Waals surface area contributed by atoms with Crippen molar-refractivity contribution in [1.29, 1.82) is 0 Å². The Morgan fingerprint density at radius 3 is 2.96 bits per heavy atom. The first-order valence-electron chi connectivity index (χ1n) is 8.13. The second-order valence-electron chi connectivity index (χ2n) is 6.70. The molecule has 3 aliphatic rings. The van der Waals surface area contributed by atoms with Crippen LogP contribution in [-0.2, 0) is 9.53 Å². The molecule has 2 heterocycles. The first-order valence-corrected chi connectivity index (χ1v) is 8.13. The molecule has 24 heavy (non-hydrogen) atoms. The van der Waals surface area contributed by atoms with Crippen molar-refractivity contribution in [3.63, 3.8) is 0 Å². The Bertz CT molecular complexity index is 739. The van der Waals surface area contributed by atoms with E-state index in [2.05, 4.69) is 6.58 Å². The molecular weight excluding hydrogens is 308 g/mol. The number of aliphatic hydroxyl groups is 1. The van der Waals surface area contributed by atoms with Gasteiger partial charge in [0.1, 0.15) is 0 Å². The molecule has 1 N–H and O–H groups in total. The summed E-state index contributed by atoms with van der Waals surface area (Å²) in [5.74, 6) is -0.942. The lowest BCUT2D eigenvalue weighted by atomic mass is 9.62. The van der Waals surface area contributed by atoms with Gasteiger partial charge in [0.15, 0.2) is 11.5 Å². The Hall–Kier alpha value is -2.11. The number of hydrogen-bond acceptors (Lipinski definition) is 5. The van der Waals surface area contributed by atoms with Gasteiger partial charge in [-0.3, -0.25) is 4.79 Å². The number of hydrogen-bond donors (Lipinski definition) is 1. The molecule has 126 valence electrons. The number of carbonyl (C=O) groups excluding carboxylic acids is 1. The van der Waals surface area contributed by atoms with Gasteiger partial charge in [-0.05, 0) is 42.5 Å². The summed E-state index contributed by atoms with van der Waals surface area (Å²) in [5, 5.41) is 11.1. The summed E-state index contributed by atoms with van der Waals surface area (Å²) in [6.07, 6.45) is 5.65. The van der Waals surface area contributed by atoms with Crippen LogP contribution in [0.2, 0.25) is 0 Å². The van der Waals surface area contributed by atoms with Crippen molar-refractivity contribution < 1.29 is 24.1 Å². The van der Waals surface area contributed by atoms with Crippen molar-refractivity contribution in [3.05, 3.63) is 48.6 Å². The summed E-state index contributed by atoms with van der Waals surface area (Å²) in [5.41, 5.74) is 0.160. The van der Waals surface area contributed by atoms with E-state index in [9.17, 15) is 9.90 Å². The van der Waals surface area contributed by atoms with Gasteiger partial charge >= 0.3 is 0 Å². The minimum atomic E-state index is -1.82. The molecule has 5 heteroatoms. The average molecular weight is 328 g/mol. The van der Waals surface area contributed by atoms with Gasteiger partial charge in [0.2, 0.25) is 18.4 Å². The first-order chi connectivity index (χ1) is 11.5. The number of benzene rings is 1. The number of ether oxygens (including phenoxy) is 3. The van der Waals surface area contributed by atoms with E-state index in [1.54, 1.807) is 6.08 Å². The summed E-state index contributed by atoms with van der Waals surface area (Å²) in [6.45, 7) is 6.03. The van der Waals surface area contributed by atoms with Crippen molar-refractivity contribution in [3.8, 4) is 11.5 Å². The minimum Gasteiger partial charge on any atom is -0.454 e. The van der Waals surface area contributed by atoms with Crippen LogP contribution in [0.5, 0.6) is 11.5 Å². The maximum atomic E-state index is 12.4. The van der Waals surface area contributed by atoms with Crippen LogP contribution in [0.15, 0.2) is 43.0 Å². The van der Waals surface area contributed by atoms with Gasteiger partial charge in [0, 0.05) is 5.41 Å². The molecule has 1 aromatic rings. The molecule has 1 aromatic carbocycles. The zero-order valence-corrected chi connectivity index (χ0v) is 13.5. The summed E-state index contributed by atoms with van der Waals surface area (Å²) >= 11 is 0. The van der Waals surface area contributed by atoms with Crippen molar-refractivity contribution in [2.24, 2.45) is 11.3 Å². The van der Waals surface area contributed by atoms with Crippen LogP contribution in [0, 0.1) is 11.3 Å². The maximum Gasteiger partial charge on any atom is 0.237 e. The van der Waals surface area contributed by atoms with Crippen LogP contribution < -0.4 is 9.47 Å². The summed E-state index contributed by atoms with van der Waals surface area (Å²) in [7, 11) is 0. The third-order valence-electron chi connectivity index (χ3n) is 5.62. The highest BCUT2D eigenvalue weighted by molar-refractivity contribution is 5.97. The second kappa shape index (κ2) is 5.19. The fourth-order valence-corrected chi connectivity index (χ4v) is 4.23. The number of rotatable bonds is 3. The molecule has 4 rings (SSSR count). The third-order valence-corrected chi connectivity index (χ3v) is 5.62. The molecule has 0 radical (unpaired) electrons. The van der Waals surface area contributed by atoms with E-state index in [4.69, 9.17) is 14.2 Å². The Balaban J connectivity index is 1.77. The predicted octanol–water partition coefficient (Wildman–Crippen LogP) is 2.90. The molecule has 1 fully saturated rings.